The smallest absolute Gasteiger partial charge is 0.457 e. The van der Waals surface area contributed by atoms with Crippen LogP contribution in [0.5, 0.6) is 11.5 Å². The second kappa shape index (κ2) is 9.25. The van der Waals surface area contributed by atoms with E-state index in [1.165, 1.54) is 22.3 Å². The average molecular weight is 587 g/mol. The third-order valence-electron chi connectivity index (χ3n) is 9.21. The molecule has 0 fully saturated rings. The van der Waals surface area contributed by atoms with Gasteiger partial charge in [0, 0.05) is 46.7 Å². The summed E-state index contributed by atoms with van der Waals surface area (Å²) in [5, 5.41) is 2.35. The van der Waals surface area contributed by atoms with E-state index in [2.05, 4.69) is 150 Å². The summed E-state index contributed by atoms with van der Waals surface area (Å²) < 4.78 is 11.1. The highest BCUT2D eigenvalue weighted by Crippen LogP contribution is 2.49. The van der Waals surface area contributed by atoms with Gasteiger partial charge in [0.2, 0.25) is 0 Å². The van der Waals surface area contributed by atoms with Crippen molar-refractivity contribution >= 4 is 46.0 Å². The third-order valence-corrected chi connectivity index (χ3v) is 9.21. The van der Waals surface area contributed by atoms with Gasteiger partial charge in [-0.15, -0.1) is 0 Å². The van der Waals surface area contributed by atoms with E-state index >= 15 is 0 Å². The maximum Gasteiger partial charge on any atom is 0.515 e. The molecular weight excluding hydrogens is 555 g/mol. The molecule has 0 bridgehead atoms. The summed E-state index contributed by atoms with van der Waals surface area (Å²) in [6.45, 7) is 6.70. The normalized spacial score (nSPS) is 13.6. The lowest BCUT2D eigenvalue weighted by Crippen LogP contribution is -2.52. The zero-order valence-corrected chi connectivity index (χ0v) is 25.6. The van der Waals surface area contributed by atoms with Crippen molar-refractivity contribution in [1.82, 2.24) is 19.0 Å². The number of rotatable bonds is 3. The van der Waals surface area contributed by atoms with Crippen LogP contribution in [0.25, 0.3) is 39.0 Å². The fourth-order valence-corrected chi connectivity index (χ4v) is 7.03. The lowest BCUT2D eigenvalue weighted by molar-refractivity contribution is 0.483. The lowest BCUT2D eigenvalue weighted by atomic mass is 9.84. The molecule has 0 aliphatic carbocycles. The van der Waals surface area contributed by atoms with Crippen molar-refractivity contribution in [2.75, 3.05) is 16.7 Å². The minimum absolute atomic E-state index is 0.00566. The van der Waals surface area contributed by atoms with Gasteiger partial charge in [0.25, 0.3) is 0 Å². The van der Waals surface area contributed by atoms with Gasteiger partial charge >= 0.3 is 7.12 Å². The zero-order chi connectivity index (χ0) is 30.4. The van der Waals surface area contributed by atoms with Gasteiger partial charge < -0.3 is 18.8 Å². The molecule has 0 unspecified atom stereocenters. The first-order valence-corrected chi connectivity index (χ1v) is 15.3. The molecule has 5 heterocycles. The van der Waals surface area contributed by atoms with E-state index in [1.807, 2.05) is 12.4 Å². The zero-order valence-electron chi connectivity index (χ0n) is 25.6. The van der Waals surface area contributed by atoms with Crippen LogP contribution < -0.4 is 14.4 Å². The van der Waals surface area contributed by atoms with Crippen LogP contribution in [-0.2, 0) is 5.41 Å². The first-order valence-electron chi connectivity index (χ1n) is 15.3. The second-order valence-electron chi connectivity index (χ2n) is 12.9. The van der Waals surface area contributed by atoms with Crippen molar-refractivity contribution < 1.29 is 4.74 Å². The van der Waals surface area contributed by atoms with Crippen molar-refractivity contribution in [2.24, 2.45) is 0 Å². The van der Waals surface area contributed by atoms with E-state index in [1.54, 1.807) is 0 Å². The largest absolute Gasteiger partial charge is 0.515 e. The van der Waals surface area contributed by atoms with E-state index in [0.29, 0.717) is 0 Å². The van der Waals surface area contributed by atoms with Gasteiger partial charge in [-0.3, -0.25) is 4.57 Å². The predicted octanol–water partition coefficient (Wildman–Crippen LogP) is 8.57. The number of pyridine rings is 1. The molecular formula is C37H31BN6O. The summed E-state index contributed by atoms with van der Waals surface area (Å²) in [6, 6.07) is 34.0. The SMILES string of the molecule is CN1B2N(c3ccc(Oc4ccc5c6ccccc6n(-c6cc(C(C)(C)C)ccn6)c5c4)cc3-c3nccn32)c2ccccc21. The molecule has 2 aliphatic heterocycles. The van der Waals surface area contributed by atoms with Crippen LogP contribution in [0.2, 0.25) is 0 Å². The van der Waals surface area contributed by atoms with Gasteiger partial charge in [0.1, 0.15) is 23.1 Å². The molecule has 7 nitrogen and oxygen atoms in total. The Morgan fingerprint density at radius 1 is 0.689 bits per heavy atom. The van der Waals surface area contributed by atoms with Crippen molar-refractivity contribution in [3.8, 4) is 28.7 Å². The highest BCUT2D eigenvalue weighted by molar-refractivity contribution is 6.71. The molecule has 0 atom stereocenters. The lowest BCUT2D eigenvalue weighted by Gasteiger charge is -2.34. The Morgan fingerprint density at radius 3 is 2.31 bits per heavy atom. The molecule has 218 valence electrons. The van der Waals surface area contributed by atoms with Gasteiger partial charge in [-0.2, -0.15) is 0 Å². The maximum absolute atomic E-state index is 6.61. The highest BCUT2D eigenvalue weighted by atomic mass is 16.5. The molecule has 45 heavy (non-hydrogen) atoms. The quantitative estimate of drug-likeness (QED) is 0.194. The Kier molecular flexibility index (Phi) is 5.34. The van der Waals surface area contributed by atoms with E-state index < -0.39 is 0 Å². The Bertz CT molecular complexity index is 2300. The minimum atomic E-state index is -0.00566. The number of nitrogens with zero attached hydrogens (tertiary/aromatic N) is 6. The number of hydrogen-bond donors (Lipinski definition) is 0. The van der Waals surface area contributed by atoms with Crippen LogP contribution in [0.4, 0.5) is 17.1 Å². The summed E-state index contributed by atoms with van der Waals surface area (Å²) in [5.74, 6) is 3.35. The molecule has 3 aromatic heterocycles. The van der Waals surface area contributed by atoms with Gasteiger partial charge in [-0.25, -0.2) is 9.97 Å². The number of ether oxygens (including phenoxy) is 1. The van der Waals surface area contributed by atoms with E-state index in [4.69, 9.17) is 14.7 Å². The van der Waals surface area contributed by atoms with Crippen molar-refractivity contribution in [3.05, 3.63) is 121 Å². The molecule has 7 aromatic rings. The van der Waals surface area contributed by atoms with Crippen LogP contribution >= 0.6 is 0 Å². The minimum Gasteiger partial charge on any atom is -0.457 e. The number of aromatic nitrogens is 4. The molecule has 2 aliphatic rings. The molecule has 8 heteroatoms. The molecule has 0 saturated heterocycles. The molecule has 0 saturated carbocycles. The fourth-order valence-electron chi connectivity index (χ4n) is 7.03. The van der Waals surface area contributed by atoms with Gasteiger partial charge in [0.15, 0.2) is 0 Å². The number of anilines is 3. The van der Waals surface area contributed by atoms with Crippen molar-refractivity contribution in [1.29, 1.82) is 0 Å². The van der Waals surface area contributed by atoms with E-state index in [0.717, 1.165) is 50.8 Å². The first kappa shape index (κ1) is 26.0. The summed E-state index contributed by atoms with van der Waals surface area (Å²) >= 11 is 0. The molecule has 0 spiro atoms. The van der Waals surface area contributed by atoms with Gasteiger partial charge in [-0.05, 0) is 78.7 Å². The third kappa shape index (κ3) is 3.78. The second-order valence-corrected chi connectivity index (χ2v) is 12.9. The average Bonchev–Trinajstić information content (AvgIpc) is 3.74. The predicted molar refractivity (Wildman–Crippen MR) is 183 cm³/mol. The number of fused-ring (bicyclic) bond motifs is 11. The van der Waals surface area contributed by atoms with Crippen molar-refractivity contribution in [2.45, 2.75) is 26.2 Å². The topological polar surface area (TPSA) is 51.4 Å². The summed E-state index contributed by atoms with van der Waals surface area (Å²) in [7, 11) is 2.13. The van der Waals surface area contributed by atoms with Crippen LogP contribution in [0, 0.1) is 0 Å². The molecule has 0 radical (unpaired) electrons. The summed E-state index contributed by atoms with van der Waals surface area (Å²) in [5.41, 5.74) is 7.96. The number of imidazole rings is 1. The Balaban J connectivity index is 1.15. The number of benzene rings is 4. The number of hydrogen-bond acceptors (Lipinski definition) is 5. The molecule has 0 amide bonds. The van der Waals surface area contributed by atoms with Gasteiger partial charge in [0.05, 0.1) is 22.4 Å². The molecule has 4 aromatic carbocycles. The molecule has 0 N–H and O–H groups in total. The van der Waals surface area contributed by atoms with Gasteiger partial charge in [-0.1, -0.05) is 51.1 Å². The standard InChI is InChI=1S/C37H31BN6O/c1-37(2,3)24-17-18-39-35(21-24)43-30-10-6-5-9-27(30)28-15-13-26(23-34(28)43)45-25-14-16-31-29(22-25)36-40-19-20-42(36)38-41(4)32-11-7-8-12-33(32)44(31)38/h5-23H,1-4H3. The van der Waals surface area contributed by atoms with E-state index in [-0.39, 0.29) is 12.5 Å². The highest BCUT2D eigenvalue weighted by Gasteiger charge is 2.46. The van der Waals surface area contributed by atoms with Crippen LogP contribution in [0.15, 0.2) is 116 Å². The van der Waals surface area contributed by atoms with Crippen molar-refractivity contribution in [3.63, 3.8) is 0 Å². The molecule has 9 rings (SSSR count). The Hall–Kier alpha value is -5.50. The first-order chi connectivity index (χ1) is 21.9. The van der Waals surface area contributed by atoms with Crippen LogP contribution in [-0.4, -0.2) is 33.2 Å². The number of para-hydroxylation sites is 3. The summed E-state index contributed by atoms with van der Waals surface area (Å²) in [6.07, 6.45) is 5.85. The maximum atomic E-state index is 6.61. The Morgan fingerprint density at radius 2 is 1.44 bits per heavy atom. The Labute approximate surface area is 262 Å². The van der Waals surface area contributed by atoms with Crippen LogP contribution in [0.1, 0.15) is 26.3 Å². The van der Waals surface area contributed by atoms with Crippen LogP contribution in [0.3, 0.4) is 0 Å². The summed E-state index contributed by atoms with van der Waals surface area (Å²) in [4.78, 5) is 14.3. The fraction of sp³-hybridized carbons (Fsp3) is 0.135. The van der Waals surface area contributed by atoms with E-state index in [9.17, 15) is 0 Å². The monoisotopic (exact) mass is 586 g/mol.